The van der Waals surface area contributed by atoms with Crippen LogP contribution in [0.5, 0.6) is 0 Å². The van der Waals surface area contributed by atoms with E-state index in [4.69, 9.17) is 13.8 Å². The van der Waals surface area contributed by atoms with Gasteiger partial charge in [-0.15, -0.1) is 0 Å². The van der Waals surface area contributed by atoms with Crippen LogP contribution in [0.2, 0.25) is 0 Å². The second-order valence-corrected chi connectivity index (χ2v) is 7.93. The number of ketones is 1. The number of thiazole rings is 1. The molecule has 0 aliphatic carbocycles. The van der Waals surface area contributed by atoms with E-state index in [0.29, 0.717) is 54.0 Å². The molecule has 1 amide bonds. The maximum Gasteiger partial charge on any atom is 0.289 e. The van der Waals surface area contributed by atoms with E-state index in [0.717, 1.165) is 5.13 Å². The number of hydrogen-bond donors (Lipinski definition) is 0. The van der Waals surface area contributed by atoms with Crippen LogP contribution in [0.1, 0.15) is 25.9 Å². The Hall–Kier alpha value is -3.72. The number of aromatic nitrogens is 2. The van der Waals surface area contributed by atoms with Gasteiger partial charge in [0.25, 0.3) is 5.91 Å². The minimum absolute atomic E-state index is 0.119. The van der Waals surface area contributed by atoms with Gasteiger partial charge in [0, 0.05) is 32.4 Å². The zero-order chi connectivity index (χ0) is 21.2. The molecule has 1 aliphatic heterocycles. The third-order valence-corrected chi connectivity index (χ3v) is 6.16. The lowest BCUT2D eigenvalue weighted by Gasteiger charge is -2.34. The first-order valence-corrected chi connectivity index (χ1v) is 10.6. The van der Waals surface area contributed by atoms with E-state index < -0.39 is 0 Å². The normalized spacial score (nSPS) is 14.1. The van der Waals surface area contributed by atoms with E-state index in [-0.39, 0.29) is 11.7 Å². The molecule has 9 heteroatoms. The number of nitrogens with zero attached hydrogens (tertiary/aromatic N) is 4. The second-order valence-electron chi connectivity index (χ2n) is 6.95. The molecular weight excluding hydrogens is 416 g/mol. The number of anilines is 1. The number of piperazine rings is 1. The molecule has 5 rings (SSSR count). The molecule has 8 nitrogen and oxygen atoms in total. The molecular formula is C22H18N4O4S. The molecule has 0 spiro atoms. The lowest BCUT2D eigenvalue weighted by atomic mass is 10.1. The minimum atomic E-state index is -0.192. The lowest BCUT2D eigenvalue weighted by Crippen LogP contribution is -2.48. The molecule has 4 aromatic heterocycles. The molecule has 1 aliphatic rings. The van der Waals surface area contributed by atoms with E-state index >= 15 is 0 Å². The van der Waals surface area contributed by atoms with Crippen molar-refractivity contribution in [1.29, 1.82) is 0 Å². The summed E-state index contributed by atoms with van der Waals surface area (Å²) in [5.74, 6) is 0.563. The molecule has 0 radical (unpaired) electrons. The highest BCUT2D eigenvalue weighted by atomic mass is 32.1. The van der Waals surface area contributed by atoms with Gasteiger partial charge in [0.2, 0.25) is 5.78 Å². The van der Waals surface area contributed by atoms with E-state index in [9.17, 15) is 9.59 Å². The first-order valence-electron chi connectivity index (χ1n) is 9.79. The molecule has 156 valence electrons. The maximum absolute atomic E-state index is 13.1. The number of carbonyl (C=O) groups excluding carboxylic acids is 2. The van der Waals surface area contributed by atoms with Crippen LogP contribution in [0.3, 0.4) is 0 Å². The largest absolute Gasteiger partial charge is 0.463 e. The lowest BCUT2D eigenvalue weighted by molar-refractivity contribution is 0.0714. The highest BCUT2D eigenvalue weighted by Gasteiger charge is 2.28. The molecule has 1 saturated heterocycles. The van der Waals surface area contributed by atoms with Crippen molar-refractivity contribution in [3.63, 3.8) is 0 Å². The van der Waals surface area contributed by atoms with Crippen LogP contribution in [-0.4, -0.2) is 52.7 Å². The quantitative estimate of drug-likeness (QED) is 0.443. The van der Waals surface area contributed by atoms with Gasteiger partial charge < -0.3 is 18.6 Å². The highest BCUT2D eigenvalue weighted by Crippen LogP contribution is 2.35. The van der Waals surface area contributed by atoms with Crippen LogP contribution in [0.4, 0.5) is 5.13 Å². The van der Waals surface area contributed by atoms with Crippen molar-refractivity contribution in [3.8, 4) is 11.5 Å². The van der Waals surface area contributed by atoms with Crippen molar-refractivity contribution in [3.05, 3.63) is 77.5 Å². The van der Waals surface area contributed by atoms with Crippen LogP contribution < -0.4 is 4.90 Å². The number of furan rings is 2. The standard InChI is InChI=1S/C22H18N4O4S/c27-19(15-5-1-2-8-23-15)20-18(16-6-3-13-29-16)24-22(31-20)26-11-9-25(10-12-26)21(28)17-7-4-14-30-17/h1-8,13-14H,9-12H2. The summed E-state index contributed by atoms with van der Waals surface area (Å²) in [6, 6.07) is 12.2. The third-order valence-electron chi connectivity index (χ3n) is 5.04. The summed E-state index contributed by atoms with van der Waals surface area (Å²) in [6.45, 7) is 2.29. The van der Waals surface area contributed by atoms with Gasteiger partial charge in [-0.3, -0.25) is 14.6 Å². The van der Waals surface area contributed by atoms with Crippen LogP contribution in [0, 0.1) is 0 Å². The van der Waals surface area contributed by atoms with Gasteiger partial charge >= 0.3 is 0 Å². The van der Waals surface area contributed by atoms with Crippen LogP contribution >= 0.6 is 11.3 Å². The van der Waals surface area contributed by atoms with Gasteiger partial charge in [-0.1, -0.05) is 17.4 Å². The molecule has 0 N–H and O–H groups in total. The first-order chi connectivity index (χ1) is 15.2. The monoisotopic (exact) mass is 434 g/mol. The number of rotatable bonds is 5. The molecule has 0 bridgehead atoms. The van der Waals surface area contributed by atoms with Gasteiger partial charge in [0.1, 0.15) is 16.3 Å². The van der Waals surface area contributed by atoms with Crippen molar-refractivity contribution in [2.24, 2.45) is 0 Å². The fourth-order valence-corrected chi connectivity index (χ4v) is 4.52. The Labute approximate surface area is 181 Å². The maximum atomic E-state index is 13.1. The summed E-state index contributed by atoms with van der Waals surface area (Å²) in [4.78, 5) is 38.8. The molecule has 31 heavy (non-hydrogen) atoms. The van der Waals surface area contributed by atoms with E-state index in [1.165, 1.54) is 17.6 Å². The average molecular weight is 434 g/mol. The number of carbonyl (C=O) groups is 2. The zero-order valence-electron chi connectivity index (χ0n) is 16.4. The summed E-state index contributed by atoms with van der Waals surface area (Å²) in [5.41, 5.74) is 0.870. The van der Waals surface area contributed by atoms with Crippen LogP contribution in [-0.2, 0) is 0 Å². The fraction of sp³-hybridized carbons (Fsp3) is 0.182. The molecule has 0 unspecified atom stereocenters. The smallest absolute Gasteiger partial charge is 0.289 e. The predicted molar refractivity (Wildman–Crippen MR) is 114 cm³/mol. The molecule has 5 heterocycles. The van der Waals surface area contributed by atoms with Crippen molar-refractivity contribution in [1.82, 2.24) is 14.9 Å². The van der Waals surface area contributed by atoms with Crippen LogP contribution in [0.25, 0.3) is 11.5 Å². The molecule has 1 fully saturated rings. The number of amides is 1. The van der Waals surface area contributed by atoms with E-state index in [2.05, 4.69) is 9.88 Å². The summed E-state index contributed by atoms with van der Waals surface area (Å²) in [5, 5.41) is 0.718. The highest BCUT2D eigenvalue weighted by molar-refractivity contribution is 7.18. The zero-order valence-corrected chi connectivity index (χ0v) is 17.2. The summed E-state index contributed by atoms with van der Waals surface area (Å²) in [7, 11) is 0. The van der Waals surface area contributed by atoms with Crippen molar-refractivity contribution >= 4 is 28.2 Å². The second kappa shape index (κ2) is 8.19. The Morgan fingerprint density at radius 1 is 0.935 bits per heavy atom. The molecule has 4 aromatic rings. The summed E-state index contributed by atoms with van der Waals surface area (Å²) in [6.07, 6.45) is 4.65. The molecule has 0 atom stereocenters. The minimum Gasteiger partial charge on any atom is -0.463 e. The fourth-order valence-electron chi connectivity index (χ4n) is 3.45. The Kier molecular flexibility index (Phi) is 5.09. The van der Waals surface area contributed by atoms with Crippen LogP contribution in [0.15, 0.2) is 70.0 Å². The van der Waals surface area contributed by atoms with Gasteiger partial charge in [0.15, 0.2) is 16.7 Å². The SMILES string of the molecule is O=C(c1ccccn1)c1sc(N2CCN(C(=O)c3ccco3)CC2)nc1-c1ccco1. The summed E-state index contributed by atoms with van der Waals surface area (Å²) < 4.78 is 10.7. The Morgan fingerprint density at radius 2 is 1.74 bits per heavy atom. The predicted octanol–water partition coefficient (Wildman–Crippen LogP) is 3.58. The third kappa shape index (κ3) is 3.75. The van der Waals surface area contributed by atoms with E-state index in [1.807, 2.05) is 0 Å². The number of pyridine rings is 1. The van der Waals surface area contributed by atoms with Crippen molar-refractivity contribution < 1.29 is 18.4 Å². The number of hydrogen-bond acceptors (Lipinski definition) is 8. The topological polar surface area (TPSA) is 92.7 Å². The Balaban J connectivity index is 1.39. The average Bonchev–Trinajstić information content (AvgIpc) is 3.60. The van der Waals surface area contributed by atoms with Gasteiger partial charge in [-0.05, 0) is 36.4 Å². The van der Waals surface area contributed by atoms with Crippen molar-refractivity contribution in [2.75, 3.05) is 31.1 Å². The first kappa shape index (κ1) is 19.3. The summed E-state index contributed by atoms with van der Waals surface area (Å²) >= 11 is 1.32. The van der Waals surface area contributed by atoms with Crippen molar-refractivity contribution in [2.45, 2.75) is 0 Å². The van der Waals surface area contributed by atoms with Gasteiger partial charge in [0.05, 0.1) is 12.5 Å². The Morgan fingerprint density at radius 3 is 2.42 bits per heavy atom. The van der Waals surface area contributed by atoms with E-state index in [1.54, 1.807) is 59.8 Å². The van der Waals surface area contributed by atoms with Gasteiger partial charge in [-0.25, -0.2) is 4.98 Å². The molecule has 0 aromatic carbocycles. The molecule has 0 saturated carbocycles. The Bertz CT molecular complexity index is 1180. The van der Waals surface area contributed by atoms with Gasteiger partial charge in [-0.2, -0.15) is 0 Å².